The van der Waals surface area contributed by atoms with Crippen molar-refractivity contribution in [2.45, 2.75) is 6.92 Å². The molecule has 0 spiro atoms. The Balaban J connectivity index is 1.57. The average Bonchev–Trinajstić information content (AvgIpc) is 3.03. The fourth-order valence-electron chi connectivity index (χ4n) is 2.80. The molecule has 2 aromatic carbocycles. The minimum absolute atomic E-state index is 0.331. The van der Waals surface area contributed by atoms with Crippen LogP contribution in [0.3, 0.4) is 0 Å². The zero-order valence-corrected chi connectivity index (χ0v) is 16.9. The number of hydrogen-bond donors (Lipinski definition) is 4. The van der Waals surface area contributed by atoms with Crippen molar-refractivity contribution in [2.24, 2.45) is 0 Å². The topological polar surface area (TPSA) is 142 Å². The van der Waals surface area contributed by atoms with E-state index < -0.39 is 15.8 Å². The lowest BCUT2D eigenvalue weighted by molar-refractivity contribution is 0.555. The molecule has 0 aliphatic heterocycles. The fraction of sp³-hybridized carbons (Fsp3) is 0.105. The lowest BCUT2D eigenvalue weighted by Gasteiger charge is -2.12. The second kappa shape index (κ2) is 7.52. The first-order valence-corrected chi connectivity index (χ1v) is 10.7. The number of H-pyrrole nitrogens is 1. The molecule has 0 bridgehead atoms. The molecule has 4 aromatic rings. The van der Waals surface area contributed by atoms with Crippen molar-refractivity contribution >= 4 is 50.0 Å². The summed E-state index contributed by atoms with van der Waals surface area (Å²) in [5.74, 6) is 0.389. The number of oxazole rings is 1. The summed E-state index contributed by atoms with van der Waals surface area (Å²) in [6.45, 7) is 1.86. The summed E-state index contributed by atoms with van der Waals surface area (Å²) in [5.41, 5.74) is 3.62. The largest absolute Gasteiger partial charge is 0.417 e. The summed E-state index contributed by atoms with van der Waals surface area (Å²) < 4.78 is 30.3. The SMILES string of the molecule is Cc1cnc(Nc2cccc(NS(C)(=O)=O)c2)nc1Nc1ccc2oc(=O)[nH]c2c1. The summed E-state index contributed by atoms with van der Waals surface area (Å²) in [6.07, 6.45) is 2.75. The molecular weight excluding hydrogens is 408 g/mol. The van der Waals surface area contributed by atoms with Gasteiger partial charge in [-0.3, -0.25) is 9.71 Å². The van der Waals surface area contributed by atoms with Gasteiger partial charge in [0.25, 0.3) is 0 Å². The van der Waals surface area contributed by atoms with Gasteiger partial charge >= 0.3 is 5.76 Å². The van der Waals surface area contributed by atoms with E-state index >= 15 is 0 Å². The van der Waals surface area contributed by atoms with Crippen molar-refractivity contribution in [3.63, 3.8) is 0 Å². The van der Waals surface area contributed by atoms with Crippen LogP contribution in [0.5, 0.6) is 0 Å². The van der Waals surface area contributed by atoms with E-state index in [1.165, 1.54) is 0 Å². The normalized spacial score (nSPS) is 11.4. The van der Waals surface area contributed by atoms with E-state index in [1.54, 1.807) is 48.7 Å². The van der Waals surface area contributed by atoms with E-state index in [-0.39, 0.29) is 0 Å². The van der Waals surface area contributed by atoms with E-state index in [0.717, 1.165) is 11.8 Å². The minimum Gasteiger partial charge on any atom is -0.408 e. The summed E-state index contributed by atoms with van der Waals surface area (Å²) in [5, 5.41) is 6.25. The molecule has 0 amide bonds. The number of fused-ring (bicyclic) bond motifs is 1. The second-order valence-electron chi connectivity index (χ2n) is 6.66. The van der Waals surface area contributed by atoms with Gasteiger partial charge in [-0.1, -0.05) is 6.07 Å². The Kier molecular flexibility index (Phi) is 4.88. The van der Waals surface area contributed by atoms with Crippen LogP contribution in [-0.2, 0) is 10.0 Å². The predicted molar refractivity (Wildman–Crippen MR) is 115 cm³/mol. The maximum atomic E-state index is 11.4. The molecule has 10 nitrogen and oxygen atoms in total. The zero-order valence-electron chi connectivity index (χ0n) is 16.1. The highest BCUT2D eigenvalue weighted by Gasteiger charge is 2.08. The number of hydrogen-bond acceptors (Lipinski definition) is 8. The Labute approximate surface area is 171 Å². The van der Waals surface area contributed by atoms with Crippen LogP contribution in [-0.4, -0.2) is 29.6 Å². The van der Waals surface area contributed by atoms with Gasteiger partial charge in [-0.15, -0.1) is 0 Å². The van der Waals surface area contributed by atoms with Crippen molar-refractivity contribution in [3.05, 3.63) is 64.8 Å². The number of nitrogens with one attached hydrogen (secondary N) is 4. The Bertz CT molecular complexity index is 1390. The number of anilines is 5. The first-order valence-electron chi connectivity index (χ1n) is 8.84. The van der Waals surface area contributed by atoms with Crippen LogP contribution in [0.1, 0.15) is 5.56 Å². The van der Waals surface area contributed by atoms with Crippen LogP contribution < -0.4 is 21.1 Å². The van der Waals surface area contributed by atoms with E-state index in [4.69, 9.17) is 4.42 Å². The van der Waals surface area contributed by atoms with Gasteiger partial charge in [-0.25, -0.2) is 18.2 Å². The molecule has 11 heteroatoms. The number of sulfonamides is 1. The van der Waals surface area contributed by atoms with Gasteiger partial charge < -0.3 is 15.1 Å². The monoisotopic (exact) mass is 426 g/mol. The van der Waals surface area contributed by atoms with E-state index in [0.29, 0.717) is 39.9 Å². The molecule has 154 valence electrons. The number of aromatic amines is 1. The fourth-order valence-corrected chi connectivity index (χ4v) is 3.35. The Morgan fingerprint density at radius 3 is 2.60 bits per heavy atom. The molecule has 4 N–H and O–H groups in total. The number of rotatable bonds is 6. The van der Waals surface area contributed by atoms with Crippen LogP contribution in [0.2, 0.25) is 0 Å². The molecule has 4 rings (SSSR count). The number of aryl methyl sites for hydroxylation is 1. The number of aromatic nitrogens is 3. The molecule has 0 radical (unpaired) electrons. The third-order valence-corrected chi connectivity index (χ3v) is 4.68. The highest BCUT2D eigenvalue weighted by atomic mass is 32.2. The van der Waals surface area contributed by atoms with Crippen LogP contribution in [0.15, 0.2) is 57.9 Å². The summed E-state index contributed by atoms with van der Waals surface area (Å²) in [6, 6.07) is 12.0. The van der Waals surface area contributed by atoms with Crippen LogP contribution in [0.25, 0.3) is 11.1 Å². The quantitative estimate of drug-likeness (QED) is 0.368. The Hall–Kier alpha value is -3.86. The second-order valence-corrected chi connectivity index (χ2v) is 8.40. The summed E-state index contributed by atoms with van der Waals surface area (Å²) in [7, 11) is -3.38. The van der Waals surface area contributed by atoms with Gasteiger partial charge in [-0.2, -0.15) is 4.98 Å². The third kappa shape index (κ3) is 4.58. The molecule has 0 unspecified atom stereocenters. The third-order valence-electron chi connectivity index (χ3n) is 4.08. The first kappa shape index (κ1) is 19.5. The number of benzene rings is 2. The van der Waals surface area contributed by atoms with Crippen molar-refractivity contribution in [2.75, 3.05) is 21.6 Å². The average molecular weight is 426 g/mol. The predicted octanol–water partition coefficient (Wildman–Crippen LogP) is 3.08. The highest BCUT2D eigenvalue weighted by Crippen LogP contribution is 2.24. The maximum absolute atomic E-state index is 11.4. The Morgan fingerprint density at radius 1 is 1.03 bits per heavy atom. The molecule has 2 heterocycles. The summed E-state index contributed by atoms with van der Waals surface area (Å²) in [4.78, 5) is 22.7. The molecule has 2 aromatic heterocycles. The molecule has 0 aliphatic rings. The molecule has 0 aliphatic carbocycles. The van der Waals surface area contributed by atoms with Gasteiger partial charge in [0, 0.05) is 23.1 Å². The lowest BCUT2D eigenvalue weighted by atomic mass is 10.2. The van der Waals surface area contributed by atoms with E-state index in [1.807, 2.05) is 6.92 Å². The van der Waals surface area contributed by atoms with Crippen LogP contribution in [0.4, 0.5) is 28.8 Å². The van der Waals surface area contributed by atoms with E-state index in [2.05, 4.69) is 30.3 Å². The lowest BCUT2D eigenvalue weighted by Crippen LogP contribution is -2.09. The van der Waals surface area contributed by atoms with Crippen molar-refractivity contribution in [1.82, 2.24) is 15.0 Å². The molecule has 0 fully saturated rings. The standard InChI is InChI=1S/C19H18N6O4S/c1-11-10-20-18(22-12-4-3-5-14(8-12)25-30(2,27)28)24-17(11)21-13-6-7-16-15(9-13)23-19(26)29-16/h3-10,25H,1-2H3,(H,23,26)(H2,20,21,22,24). The van der Waals surface area contributed by atoms with Crippen molar-refractivity contribution in [1.29, 1.82) is 0 Å². The first-order chi connectivity index (χ1) is 14.2. The van der Waals surface area contributed by atoms with Gasteiger partial charge in [0.15, 0.2) is 5.58 Å². The number of nitrogens with zero attached hydrogens (tertiary/aromatic N) is 2. The molecule has 30 heavy (non-hydrogen) atoms. The zero-order chi connectivity index (χ0) is 21.3. The molecule has 0 atom stereocenters. The van der Waals surface area contributed by atoms with Crippen molar-refractivity contribution < 1.29 is 12.8 Å². The smallest absolute Gasteiger partial charge is 0.408 e. The van der Waals surface area contributed by atoms with Crippen LogP contribution in [0, 0.1) is 6.92 Å². The van der Waals surface area contributed by atoms with Gasteiger partial charge in [-0.05, 0) is 43.3 Å². The minimum atomic E-state index is -3.38. The van der Waals surface area contributed by atoms with Crippen molar-refractivity contribution in [3.8, 4) is 0 Å². The van der Waals surface area contributed by atoms with Crippen LogP contribution >= 0.6 is 0 Å². The van der Waals surface area contributed by atoms with E-state index in [9.17, 15) is 13.2 Å². The maximum Gasteiger partial charge on any atom is 0.417 e. The van der Waals surface area contributed by atoms with Gasteiger partial charge in [0.2, 0.25) is 16.0 Å². The van der Waals surface area contributed by atoms with Gasteiger partial charge in [0.05, 0.1) is 17.5 Å². The molecular formula is C19H18N6O4S. The molecule has 0 saturated carbocycles. The highest BCUT2D eigenvalue weighted by molar-refractivity contribution is 7.92. The summed E-state index contributed by atoms with van der Waals surface area (Å²) >= 11 is 0. The Morgan fingerprint density at radius 2 is 1.80 bits per heavy atom. The molecule has 0 saturated heterocycles. The van der Waals surface area contributed by atoms with Gasteiger partial charge in [0.1, 0.15) is 5.82 Å².